The molecule has 1 aliphatic heterocycles. The largest absolute Gasteiger partial charge is 0.365 e. The number of nitrogens with two attached hydrogens (primary N) is 1. The summed E-state index contributed by atoms with van der Waals surface area (Å²) in [4.78, 5) is 38.3. The predicted octanol–water partition coefficient (Wildman–Crippen LogP) is 2.30. The zero-order chi connectivity index (χ0) is 19.0. The average molecular weight is 374 g/mol. The fourth-order valence-corrected chi connectivity index (χ4v) is 4.45. The molecular weight excluding hydrogens is 356 g/mol. The molecule has 3 N–H and O–H groups in total. The number of hydrogen-bond acceptors (Lipinski definition) is 6. The van der Waals surface area contributed by atoms with Gasteiger partial charge in [0.1, 0.15) is 5.00 Å². The second-order valence-corrected chi connectivity index (χ2v) is 7.33. The maximum atomic E-state index is 12.7. The van der Waals surface area contributed by atoms with E-state index < -0.39 is 16.7 Å². The van der Waals surface area contributed by atoms with E-state index in [2.05, 4.69) is 10.2 Å². The van der Waals surface area contributed by atoms with Gasteiger partial charge in [-0.2, -0.15) is 0 Å². The van der Waals surface area contributed by atoms with Crippen LogP contribution < -0.4 is 11.1 Å². The number of nitro benzene ring substituents is 1. The number of amides is 2. The normalized spacial score (nSPS) is 13.9. The SMILES string of the molecule is Cc1c(C(=O)Nc2sc3c(c2C(N)=O)CCN(C)C3)cccc1[N+](=O)[O-]. The maximum Gasteiger partial charge on any atom is 0.273 e. The third-order valence-electron chi connectivity index (χ3n) is 4.47. The second kappa shape index (κ2) is 6.85. The summed E-state index contributed by atoms with van der Waals surface area (Å²) in [6, 6.07) is 4.33. The van der Waals surface area contributed by atoms with Crippen molar-refractivity contribution in [1.82, 2.24) is 4.90 Å². The lowest BCUT2D eigenvalue weighted by atomic mass is 10.0. The van der Waals surface area contributed by atoms with Gasteiger partial charge in [0.2, 0.25) is 0 Å². The lowest BCUT2D eigenvalue weighted by molar-refractivity contribution is -0.385. The van der Waals surface area contributed by atoms with Crippen molar-refractivity contribution in [3.05, 3.63) is 55.4 Å². The number of nitrogens with zero attached hydrogens (tertiary/aromatic N) is 2. The van der Waals surface area contributed by atoms with Crippen LogP contribution in [0.25, 0.3) is 0 Å². The van der Waals surface area contributed by atoms with Crippen molar-refractivity contribution in [2.75, 3.05) is 18.9 Å². The summed E-state index contributed by atoms with van der Waals surface area (Å²) in [5, 5.41) is 14.2. The number of nitrogens with one attached hydrogen (secondary N) is 1. The van der Waals surface area contributed by atoms with Crippen molar-refractivity contribution in [3.63, 3.8) is 0 Å². The Kier molecular flexibility index (Phi) is 4.75. The fourth-order valence-electron chi connectivity index (χ4n) is 3.12. The van der Waals surface area contributed by atoms with Gasteiger partial charge in [0.05, 0.1) is 10.5 Å². The molecule has 0 atom stereocenters. The Morgan fingerprint density at radius 2 is 2.12 bits per heavy atom. The molecule has 136 valence electrons. The summed E-state index contributed by atoms with van der Waals surface area (Å²) < 4.78 is 0. The molecule has 0 radical (unpaired) electrons. The number of rotatable bonds is 4. The monoisotopic (exact) mass is 374 g/mol. The maximum absolute atomic E-state index is 12.7. The first-order chi connectivity index (χ1) is 12.3. The van der Waals surface area contributed by atoms with Gasteiger partial charge in [-0.3, -0.25) is 19.7 Å². The van der Waals surface area contributed by atoms with Crippen LogP contribution in [0.4, 0.5) is 10.7 Å². The molecule has 0 saturated heterocycles. The number of nitro groups is 1. The molecule has 0 spiro atoms. The Morgan fingerprint density at radius 3 is 2.77 bits per heavy atom. The summed E-state index contributed by atoms with van der Waals surface area (Å²) in [5.41, 5.74) is 7.11. The molecule has 9 heteroatoms. The first-order valence-corrected chi connectivity index (χ1v) is 8.79. The molecule has 26 heavy (non-hydrogen) atoms. The predicted molar refractivity (Wildman–Crippen MR) is 98.7 cm³/mol. The van der Waals surface area contributed by atoms with E-state index in [1.165, 1.54) is 36.5 Å². The van der Waals surface area contributed by atoms with Crippen LogP contribution in [-0.2, 0) is 13.0 Å². The molecule has 3 rings (SSSR count). The first-order valence-electron chi connectivity index (χ1n) is 7.97. The highest BCUT2D eigenvalue weighted by Crippen LogP contribution is 2.37. The Labute approximate surface area is 153 Å². The van der Waals surface area contributed by atoms with Crippen LogP contribution in [-0.4, -0.2) is 35.2 Å². The van der Waals surface area contributed by atoms with Crippen molar-refractivity contribution in [2.45, 2.75) is 19.9 Å². The van der Waals surface area contributed by atoms with E-state index >= 15 is 0 Å². The van der Waals surface area contributed by atoms with Crippen molar-refractivity contribution >= 4 is 33.8 Å². The van der Waals surface area contributed by atoms with E-state index in [9.17, 15) is 19.7 Å². The number of primary amides is 1. The van der Waals surface area contributed by atoms with E-state index in [-0.39, 0.29) is 16.8 Å². The van der Waals surface area contributed by atoms with Gasteiger partial charge in [0.15, 0.2) is 0 Å². The molecule has 0 unspecified atom stereocenters. The number of hydrogen-bond donors (Lipinski definition) is 2. The molecule has 0 saturated carbocycles. The Bertz CT molecular complexity index is 922. The van der Waals surface area contributed by atoms with E-state index in [1.54, 1.807) is 0 Å². The van der Waals surface area contributed by atoms with Crippen LogP contribution in [0, 0.1) is 17.0 Å². The Balaban J connectivity index is 1.97. The zero-order valence-corrected chi connectivity index (χ0v) is 15.2. The molecule has 0 fully saturated rings. The Hall–Kier alpha value is -2.78. The van der Waals surface area contributed by atoms with Gasteiger partial charge in [0, 0.05) is 35.2 Å². The van der Waals surface area contributed by atoms with Gasteiger partial charge >= 0.3 is 0 Å². The van der Waals surface area contributed by atoms with E-state index in [4.69, 9.17) is 5.73 Å². The minimum absolute atomic E-state index is 0.125. The molecule has 1 aromatic heterocycles. The standard InChI is InChI=1S/C17H18N4O4S/c1-9-10(4-3-5-12(9)21(24)25)16(23)19-17-14(15(18)22)11-6-7-20(2)8-13(11)26-17/h3-5H,6-8H2,1-2H3,(H2,18,22)(H,19,23). The zero-order valence-electron chi connectivity index (χ0n) is 14.4. The van der Waals surface area contributed by atoms with E-state index in [0.29, 0.717) is 23.5 Å². The molecule has 2 amide bonds. The molecule has 0 aliphatic carbocycles. The van der Waals surface area contributed by atoms with Crippen LogP contribution in [0.15, 0.2) is 18.2 Å². The molecular formula is C17H18N4O4S. The summed E-state index contributed by atoms with van der Waals surface area (Å²) in [7, 11) is 1.98. The van der Waals surface area contributed by atoms with Crippen molar-refractivity contribution in [1.29, 1.82) is 0 Å². The number of likely N-dealkylation sites (N-methyl/N-ethyl adjacent to an activating group) is 1. The van der Waals surface area contributed by atoms with Crippen molar-refractivity contribution < 1.29 is 14.5 Å². The number of carbonyl (C=O) groups is 2. The minimum atomic E-state index is -0.585. The number of carbonyl (C=O) groups excluding carboxylic acids is 2. The van der Waals surface area contributed by atoms with Crippen LogP contribution >= 0.6 is 11.3 Å². The highest BCUT2D eigenvalue weighted by Gasteiger charge is 2.27. The third-order valence-corrected chi connectivity index (χ3v) is 5.60. The Morgan fingerprint density at radius 1 is 1.38 bits per heavy atom. The van der Waals surface area contributed by atoms with Crippen LogP contribution in [0.2, 0.25) is 0 Å². The summed E-state index contributed by atoms with van der Waals surface area (Å²) in [6.07, 6.45) is 0.687. The smallest absolute Gasteiger partial charge is 0.273 e. The molecule has 0 bridgehead atoms. The average Bonchev–Trinajstić information content (AvgIpc) is 2.91. The highest BCUT2D eigenvalue weighted by atomic mass is 32.1. The third kappa shape index (κ3) is 3.18. The topological polar surface area (TPSA) is 119 Å². The van der Waals surface area contributed by atoms with Gasteiger partial charge in [-0.05, 0) is 32.0 Å². The van der Waals surface area contributed by atoms with E-state index in [0.717, 1.165) is 17.0 Å². The molecule has 8 nitrogen and oxygen atoms in total. The van der Waals surface area contributed by atoms with Crippen LogP contribution in [0.1, 0.15) is 36.7 Å². The summed E-state index contributed by atoms with van der Waals surface area (Å²) >= 11 is 1.33. The van der Waals surface area contributed by atoms with Gasteiger partial charge in [0.25, 0.3) is 17.5 Å². The number of thiophene rings is 1. The molecule has 1 aliphatic rings. The molecule has 2 heterocycles. The van der Waals surface area contributed by atoms with Gasteiger partial charge in [-0.1, -0.05) is 6.07 Å². The highest BCUT2D eigenvalue weighted by molar-refractivity contribution is 7.17. The molecule has 2 aromatic rings. The summed E-state index contributed by atoms with van der Waals surface area (Å²) in [6.45, 7) is 3.02. The molecule has 1 aromatic carbocycles. The lowest BCUT2D eigenvalue weighted by Gasteiger charge is -2.22. The van der Waals surface area contributed by atoms with Crippen molar-refractivity contribution in [2.24, 2.45) is 5.73 Å². The fraction of sp³-hybridized carbons (Fsp3) is 0.294. The summed E-state index contributed by atoms with van der Waals surface area (Å²) in [5.74, 6) is -1.08. The first kappa shape index (κ1) is 18.0. The number of fused-ring (bicyclic) bond motifs is 1. The number of anilines is 1. The quantitative estimate of drug-likeness (QED) is 0.629. The van der Waals surface area contributed by atoms with E-state index in [1.807, 2.05) is 7.05 Å². The van der Waals surface area contributed by atoms with Gasteiger partial charge in [-0.25, -0.2) is 0 Å². The minimum Gasteiger partial charge on any atom is -0.365 e. The lowest BCUT2D eigenvalue weighted by Crippen LogP contribution is -2.27. The second-order valence-electron chi connectivity index (χ2n) is 6.22. The van der Waals surface area contributed by atoms with Crippen molar-refractivity contribution in [3.8, 4) is 0 Å². The van der Waals surface area contributed by atoms with Crippen LogP contribution in [0.3, 0.4) is 0 Å². The number of benzene rings is 1. The van der Waals surface area contributed by atoms with Gasteiger partial charge < -0.3 is 16.0 Å². The van der Waals surface area contributed by atoms with Crippen LogP contribution in [0.5, 0.6) is 0 Å². The van der Waals surface area contributed by atoms with Gasteiger partial charge in [-0.15, -0.1) is 11.3 Å².